The van der Waals surface area contributed by atoms with E-state index in [1.807, 2.05) is 0 Å². The lowest BCUT2D eigenvalue weighted by Gasteiger charge is -2.09. The van der Waals surface area contributed by atoms with Gasteiger partial charge in [0.15, 0.2) is 5.13 Å². The second kappa shape index (κ2) is 4.69. The number of anilines is 1. The van der Waals surface area contributed by atoms with Gasteiger partial charge in [-0.3, -0.25) is 0 Å². The highest BCUT2D eigenvalue weighted by molar-refractivity contribution is 7.15. The maximum atomic E-state index is 5.36. The topological polar surface area (TPSA) is 46.2 Å². The Bertz CT molecular complexity index is 337. The molecule has 3 heterocycles. The number of hydrogen-bond donors (Lipinski definition) is 2. The number of hydrogen-bond acceptors (Lipinski definition) is 5. The fourth-order valence-electron chi connectivity index (χ4n) is 2.18. The molecule has 2 aliphatic rings. The highest BCUT2D eigenvalue weighted by Gasteiger charge is 2.18. The first-order chi connectivity index (χ1) is 7.92. The van der Waals surface area contributed by atoms with Crippen LogP contribution < -0.4 is 10.6 Å². The molecule has 0 amide bonds. The molecule has 0 bridgehead atoms. The van der Waals surface area contributed by atoms with Gasteiger partial charge in [0.1, 0.15) is 0 Å². The van der Waals surface area contributed by atoms with Crippen LogP contribution in [0.5, 0.6) is 0 Å². The van der Waals surface area contributed by atoms with Gasteiger partial charge in [0.05, 0.1) is 12.3 Å². The number of nitrogens with zero attached hydrogens (tertiary/aromatic N) is 1. The smallest absolute Gasteiger partial charge is 0.183 e. The standard InChI is InChI=1S/C11H17N3OS/c1-3-12-6-10-9(1)14-11(16-10)13-5-8-2-4-15-7-8/h8,12H,1-7H2,(H,13,14). The summed E-state index contributed by atoms with van der Waals surface area (Å²) < 4.78 is 5.36. The van der Waals surface area contributed by atoms with Gasteiger partial charge in [0.2, 0.25) is 0 Å². The van der Waals surface area contributed by atoms with Gasteiger partial charge in [0, 0.05) is 43.5 Å². The fourth-order valence-corrected chi connectivity index (χ4v) is 3.16. The van der Waals surface area contributed by atoms with Crippen molar-refractivity contribution in [3.63, 3.8) is 0 Å². The van der Waals surface area contributed by atoms with E-state index in [9.17, 15) is 0 Å². The van der Waals surface area contributed by atoms with E-state index in [1.54, 1.807) is 11.3 Å². The second-order valence-corrected chi connectivity index (χ2v) is 5.51. The SMILES string of the molecule is C1Cc2nc(NCC3CCOC3)sc2CN1. The molecule has 3 rings (SSSR count). The van der Waals surface area contributed by atoms with Crippen molar-refractivity contribution in [2.45, 2.75) is 19.4 Å². The lowest BCUT2D eigenvalue weighted by atomic mass is 10.1. The molecule has 1 fully saturated rings. The molecule has 16 heavy (non-hydrogen) atoms. The number of nitrogens with one attached hydrogen (secondary N) is 2. The maximum Gasteiger partial charge on any atom is 0.183 e. The Balaban J connectivity index is 1.59. The predicted octanol–water partition coefficient (Wildman–Crippen LogP) is 1.24. The average molecular weight is 239 g/mol. The van der Waals surface area contributed by atoms with Crippen molar-refractivity contribution in [1.29, 1.82) is 0 Å². The first-order valence-electron chi connectivity index (χ1n) is 5.93. The molecule has 1 aromatic heterocycles. The third-order valence-corrected chi connectivity index (χ3v) is 4.22. The zero-order valence-corrected chi connectivity index (χ0v) is 10.1. The van der Waals surface area contributed by atoms with Gasteiger partial charge in [-0.2, -0.15) is 0 Å². The van der Waals surface area contributed by atoms with E-state index in [-0.39, 0.29) is 0 Å². The van der Waals surface area contributed by atoms with Gasteiger partial charge < -0.3 is 15.4 Å². The first-order valence-corrected chi connectivity index (χ1v) is 6.74. The summed E-state index contributed by atoms with van der Waals surface area (Å²) in [6.07, 6.45) is 2.25. The van der Waals surface area contributed by atoms with Crippen molar-refractivity contribution in [1.82, 2.24) is 10.3 Å². The van der Waals surface area contributed by atoms with Gasteiger partial charge in [-0.05, 0) is 6.42 Å². The molecule has 0 saturated carbocycles. The summed E-state index contributed by atoms with van der Waals surface area (Å²) in [6, 6.07) is 0. The summed E-state index contributed by atoms with van der Waals surface area (Å²) in [5, 5.41) is 7.90. The van der Waals surface area contributed by atoms with E-state index in [0.717, 1.165) is 44.4 Å². The predicted molar refractivity (Wildman–Crippen MR) is 64.9 cm³/mol. The Morgan fingerprint density at radius 2 is 2.56 bits per heavy atom. The molecule has 88 valence electrons. The van der Waals surface area contributed by atoms with E-state index in [4.69, 9.17) is 4.74 Å². The lowest BCUT2D eigenvalue weighted by molar-refractivity contribution is 0.187. The van der Waals surface area contributed by atoms with Crippen LogP contribution in [0.25, 0.3) is 0 Å². The van der Waals surface area contributed by atoms with Crippen molar-refractivity contribution < 1.29 is 4.74 Å². The van der Waals surface area contributed by atoms with Gasteiger partial charge in [-0.25, -0.2) is 4.98 Å². The molecule has 0 radical (unpaired) electrons. The summed E-state index contributed by atoms with van der Waals surface area (Å²) in [5.74, 6) is 0.666. The molecule has 2 N–H and O–H groups in total. The number of fused-ring (bicyclic) bond motifs is 1. The van der Waals surface area contributed by atoms with E-state index in [0.29, 0.717) is 5.92 Å². The molecule has 0 aromatic carbocycles. The Kier molecular flexibility index (Phi) is 3.08. The van der Waals surface area contributed by atoms with Crippen LogP contribution in [0, 0.1) is 5.92 Å². The summed E-state index contributed by atoms with van der Waals surface area (Å²) >= 11 is 1.79. The number of aromatic nitrogens is 1. The van der Waals surface area contributed by atoms with Gasteiger partial charge in [-0.1, -0.05) is 0 Å². The van der Waals surface area contributed by atoms with Crippen LogP contribution >= 0.6 is 11.3 Å². The van der Waals surface area contributed by atoms with Crippen molar-refractivity contribution >= 4 is 16.5 Å². The highest BCUT2D eigenvalue weighted by Crippen LogP contribution is 2.25. The third kappa shape index (κ3) is 2.21. The third-order valence-electron chi connectivity index (χ3n) is 3.17. The number of ether oxygens (including phenoxy) is 1. The van der Waals surface area contributed by atoms with E-state index < -0.39 is 0 Å². The summed E-state index contributed by atoms with van der Waals surface area (Å²) in [5.41, 5.74) is 1.29. The Morgan fingerprint density at radius 3 is 3.38 bits per heavy atom. The summed E-state index contributed by atoms with van der Waals surface area (Å²) in [4.78, 5) is 6.04. The van der Waals surface area contributed by atoms with E-state index in [2.05, 4.69) is 15.6 Å². The molecule has 1 aromatic rings. The zero-order valence-electron chi connectivity index (χ0n) is 9.29. The van der Waals surface area contributed by atoms with Crippen LogP contribution in [0.15, 0.2) is 0 Å². The van der Waals surface area contributed by atoms with Gasteiger partial charge in [-0.15, -0.1) is 11.3 Å². The maximum absolute atomic E-state index is 5.36. The average Bonchev–Trinajstić information content (AvgIpc) is 2.95. The molecule has 4 nitrogen and oxygen atoms in total. The highest BCUT2D eigenvalue weighted by atomic mass is 32.1. The molecule has 0 spiro atoms. The molecule has 0 aliphatic carbocycles. The molecule has 1 atom stereocenters. The second-order valence-electron chi connectivity index (χ2n) is 4.43. The van der Waals surface area contributed by atoms with Crippen LogP contribution in [0.3, 0.4) is 0 Å². The first kappa shape index (κ1) is 10.5. The van der Waals surface area contributed by atoms with Crippen molar-refractivity contribution in [2.75, 3.05) is 31.6 Å². The molecule has 1 unspecified atom stereocenters. The summed E-state index contributed by atoms with van der Waals surface area (Å²) in [7, 11) is 0. The van der Waals surface area contributed by atoms with Crippen molar-refractivity contribution in [2.24, 2.45) is 5.92 Å². The molecule has 2 aliphatic heterocycles. The van der Waals surface area contributed by atoms with Crippen LogP contribution in [-0.2, 0) is 17.7 Å². The minimum atomic E-state index is 0.666. The monoisotopic (exact) mass is 239 g/mol. The van der Waals surface area contributed by atoms with Crippen LogP contribution in [0.1, 0.15) is 17.0 Å². The Hall–Kier alpha value is -0.650. The zero-order chi connectivity index (χ0) is 10.8. The van der Waals surface area contributed by atoms with Crippen LogP contribution in [0.2, 0.25) is 0 Å². The normalized spacial score (nSPS) is 24.4. The van der Waals surface area contributed by atoms with E-state index in [1.165, 1.54) is 17.0 Å². The van der Waals surface area contributed by atoms with E-state index >= 15 is 0 Å². The van der Waals surface area contributed by atoms with Crippen molar-refractivity contribution in [3.05, 3.63) is 10.6 Å². The lowest BCUT2D eigenvalue weighted by Crippen LogP contribution is -2.22. The van der Waals surface area contributed by atoms with Gasteiger partial charge in [0.25, 0.3) is 0 Å². The minimum Gasteiger partial charge on any atom is -0.381 e. The number of thiazole rings is 1. The Morgan fingerprint density at radius 1 is 1.56 bits per heavy atom. The fraction of sp³-hybridized carbons (Fsp3) is 0.727. The largest absolute Gasteiger partial charge is 0.381 e. The number of rotatable bonds is 3. The minimum absolute atomic E-state index is 0.666. The molecular weight excluding hydrogens is 222 g/mol. The van der Waals surface area contributed by atoms with Crippen LogP contribution in [0.4, 0.5) is 5.13 Å². The Labute approximate surface area is 99.4 Å². The summed E-state index contributed by atoms with van der Waals surface area (Å²) in [6.45, 7) is 4.87. The molecule has 1 saturated heterocycles. The van der Waals surface area contributed by atoms with Crippen LogP contribution in [-0.4, -0.2) is 31.3 Å². The quantitative estimate of drug-likeness (QED) is 0.833. The molecule has 5 heteroatoms. The van der Waals surface area contributed by atoms with Crippen molar-refractivity contribution in [3.8, 4) is 0 Å². The van der Waals surface area contributed by atoms with Gasteiger partial charge >= 0.3 is 0 Å². The molecular formula is C11H17N3OS.